The van der Waals surface area contributed by atoms with Crippen LogP contribution >= 0.6 is 0 Å². The summed E-state index contributed by atoms with van der Waals surface area (Å²) in [7, 11) is 0. The SMILES string of the molecule is C[C@@H](CNC(=O)c1ccc2c(c1)C(=O)N(CCNC1=NCCCN1)C2)C(=O)O. The van der Waals surface area contributed by atoms with Gasteiger partial charge >= 0.3 is 5.97 Å². The zero-order chi connectivity index (χ0) is 20.1. The molecule has 9 nitrogen and oxygen atoms in total. The average molecular weight is 387 g/mol. The van der Waals surface area contributed by atoms with Gasteiger partial charge in [-0.15, -0.1) is 0 Å². The number of nitrogens with one attached hydrogen (secondary N) is 3. The van der Waals surface area contributed by atoms with E-state index in [1.165, 1.54) is 6.92 Å². The first kappa shape index (κ1) is 19.7. The Morgan fingerprint density at radius 2 is 2.21 bits per heavy atom. The number of nitrogens with zero attached hydrogens (tertiary/aromatic N) is 2. The zero-order valence-corrected chi connectivity index (χ0v) is 15.8. The number of carbonyl (C=O) groups excluding carboxylic acids is 2. The maximum absolute atomic E-state index is 12.7. The molecule has 2 amide bonds. The minimum Gasteiger partial charge on any atom is -0.481 e. The molecule has 0 aromatic heterocycles. The first-order chi connectivity index (χ1) is 13.5. The van der Waals surface area contributed by atoms with Gasteiger partial charge in [-0.2, -0.15) is 0 Å². The highest BCUT2D eigenvalue weighted by molar-refractivity contribution is 6.02. The molecule has 0 radical (unpaired) electrons. The Morgan fingerprint density at radius 1 is 1.39 bits per heavy atom. The second-order valence-corrected chi connectivity index (χ2v) is 6.99. The van der Waals surface area contributed by atoms with Crippen LogP contribution in [0.15, 0.2) is 23.2 Å². The maximum atomic E-state index is 12.7. The summed E-state index contributed by atoms with van der Waals surface area (Å²) in [5.74, 6) is -1.37. The number of carboxylic acids is 1. The van der Waals surface area contributed by atoms with Crippen LogP contribution < -0.4 is 16.0 Å². The second kappa shape index (κ2) is 8.73. The predicted molar refractivity (Wildman–Crippen MR) is 103 cm³/mol. The summed E-state index contributed by atoms with van der Waals surface area (Å²) in [6.07, 6.45) is 1.02. The molecule has 4 N–H and O–H groups in total. The van der Waals surface area contributed by atoms with Crippen molar-refractivity contribution in [2.45, 2.75) is 19.9 Å². The Bertz CT molecular complexity index is 808. The summed E-state index contributed by atoms with van der Waals surface area (Å²) in [6.45, 7) is 4.89. The van der Waals surface area contributed by atoms with Crippen molar-refractivity contribution in [2.24, 2.45) is 10.9 Å². The molecule has 28 heavy (non-hydrogen) atoms. The van der Waals surface area contributed by atoms with Crippen LogP contribution in [0.4, 0.5) is 0 Å². The topological polar surface area (TPSA) is 123 Å². The molecule has 0 bridgehead atoms. The number of aliphatic imine (C=N–C) groups is 1. The molecule has 2 aliphatic rings. The molecule has 2 aliphatic heterocycles. The van der Waals surface area contributed by atoms with Gasteiger partial charge in [-0.05, 0) is 24.1 Å². The highest BCUT2D eigenvalue weighted by Crippen LogP contribution is 2.23. The number of benzene rings is 1. The highest BCUT2D eigenvalue weighted by atomic mass is 16.4. The van der Waals surface area contributed by atoms with E-state index in [-0.39, 0.29) is 18.4 Å². The second-order valence-electron chi connectivity index (χ2n) is 6.99. The normalized spacial score (nSPS) is 16.7. The summed E-state index contributed by atoms with van der Waals surface area (Å²) >= 11 is 0. The third-order valence-corrected chi connectivity index (χ3v) is 4.81. The molecule has 2 heterocycles. The predicted octanol–water partition coefficient (Wildman–Crippen LogP) is 0.0318. The quantitative estimate of drug-likeness (QED) is 0.524. The molecule has 0 spiro atoms. The molecule has 1 aromatic rings. The summed E-state index contributed by atoms with van der Waals surface area (Å²) in [6, 6.07) is 5.02. The van der Waals surface area contributed by atoms with Crippen molar-refractivity contribution in [3.05, 3.63) is 34.9 Å². The lowest BCUT2D eigenvalue weighted by molar-refractivity contribution is -0.140. The van der Waals surface area contributed by atoms with Gasteiger partial charge in [-0.1, -0.05) is 13.0 Å². The van der Waals surface area contributed by atoms with E-state index in [1.54, 1.807) is 23.1 Å². The molecular formula is C19H25N5O4. The van der Waals surface area contributed by atoms with Crippen molar-refractivity contribution < 1.29 is 19.5 Å². The van der Waals surface area contributed by atoms with E-state index in [2.05, 4.69) is 20.9 Å². The molecule has 150 valence electrons. The molecule has 0 saturated heterocycles. The molecule has 3 rings (SSSR count). The summed E-state index contributed by atoms with van der Waals surface area (Å²) in [4.78, 5) is 41.8. The summed E-state index contributed by atoms with van der Waals surface area (Å²) < 4.78 is 0. The van der Waals surface area contributed by atoms with E-state index in [0.29, 0.717) is 30.8 Å². The van der Waals surface area contributed by atoms with Crippen LogP contribution in [0.3, 0.4) is 0 Å². The molecule has 1 atom stereocenters. The highest BCUT2D eigenvalue weighted by Gasteiger charge is 2.28. The molecule has 1 aromatic carbocycles. The van der Waals surface area contributed by atoms with Crippen LogP contribution in [0.1, 0.15) is 39.6 Å². The summed E-state index contributed by atoms with van der Waals surface area (Å²) in [5.41, 5.74) is 1.76. The number of carbonyl (C=O) groups is 3. The van der Waals surface area contributed by atoms with Gasteiger partial charge in [0.2, 0.25) is 0 Å². The van der Waals surface area contributed by atoms with E-state index >= 15 is 0 Å². The maximum Gasteiger partial charge on any atom is 0.308 e. The Hall–Kier alpha value is -3.10. The molecule has 9 heteroatoms. The van der Waals surface area contributed by atoms with Gasteiger partial charge < -0.3 is 26.0 Å². The molecule has 0 aliphatic carbocycles. The van der Waals surface area contributed by atoms with Gasteiger partial charge in [0.05, 0.1) is 5.92 Å². The molecular weight excluding hydrogens is 362 g/mol. The van der Waals surface area contributed by atoms with E-state index in [9.17, 15) is 14.4 Å². The van der Waals surface area contributed by atoms with Crippen LogP contribution in [-0.2, 0) is 11.3 Å². The third-order valence-electron chi connectivity index (χ3n) is 4.81. The van der Waals surface area contributed by atoms with Crippen LogP contribution in [-0.4, -0.2) is 66.5 Å². The number of hydrogen-bond acceptors (Lipinski definition) is 6. The number of hydrogen-bond donors (Lipinski definition) is 4. The minimum atomic E-state index is -0.969. The lowest BCUT2D eigenvalue weighted by Crippen LogP contribution is -2.43. The van der Waals surface area contributed by atoms with Crippen LogP contribution in [0.2, 0.25) is 0 Å². The molecule has 0 unspecified atom stereocenters. The van der Waals surface area contributed by atoms with Crippen LogP contribution in [0.5, 0.6) is 0 Å². The Labute approximate surface area is 163 Å². The fraction of sp³-hybridized carbons (Fsp3) is 0.474. The van der Waals surface area contributed by atoms with Crippen LogP contribution in [0.25, 0.3) is 0 Å². The van der Waals surface area contributed by atoms with Gasteiger partial charge in [0.25, 0.3) is 11.8 Å². The number of rotatable bonds is 7. The number of amides is 2. The standard InChI is InChI=1S/C19H25N5O4/c1-12(18(27)28)10-23-16(25)13-3-4-14-11-24(17(26)15(14)9-13)8-7-22-19-20-5-2-6-21-19/h3-4,9,12H,2,5-8,10-11H2,1H3,(H,23,25)(H,27,28)(H2,20,21,22)/t12-/m0/s1. The molecule has 0 fully saturated rings. The van der Waals surface area contributed by atoms with E-state index in [4.69, 9.17) is 5.11 Å². The Kier molecular flexibility index (Phi) is 6.13. The lowest BCUT2D eigenvalue weighted by atomic mass is 10.1. The Morgan fingerprint density at radius 3 is 2.93 bits per heavy atom. The fourth-order valence-electron chi connectivity index (χ4n) is 3.08. The summed E-state index contributed by atoms with van der Waals surface area (Å²) in [5, 5.41) is 17.9. The fourth-order valence-corrected chi connectivity index (χ4v) is 3.08. The zero-order valence-electron chi connectivity index (χ0n) is 15.8. The molecule has 0 saturated carbocycles. The van der Waals surface area contributed by atoms with Crippen molar-refractivity contribution in [3.63, 3.8) is 0 Å². The van der Waals surface area contributed by atoms with Crippen molar-refractivity contribution in [1.82, 2.24) is 20.9 Å². The van der Waals surface area contributed by atoms with Gasteiger partial charge in [0, 0.05) is 50.4 Å². The number of carboxylic acid groups (broad SMARTS) is 1. The smallest absolute Gasteiger partial charge is 0.308 e. The van der Waals surface area contributed by atoms with E-state index in [0.717, 1.165) is 31.0 Å². The van der Waals surface area contributed by atoms with Crippen LogP contribution in [0, 0.1) is 5.92 Å². The monoisotopic (exact) mass is 387 g/mol. The number of fused-ring (bicyclic) bond motifs is 1. The Balaban J connectivity index is 1.55. The van der Waals surface area contributed by atoms with Crippen molar-refractivity contribution in [3.8, 4) is 0 Å². The van der Waals surface area contributed by atoms with Gasteiger partial charge in [-0.25, -0.2) is 0 Å². The number of guanidine groups is 1. The minimum absolute atomic E-state index is 0.0366. The first-order valence-corrected chi connectivity index (χ1v) is 9.41. The van der Waals surface area contributed by atoms with Crippen molar-refractivity contribution in [2.75, 3.05) is 32.7 Å². The van der Waals surface area contributed by atoms with Crippen molar-refractivity contribution in [1.29, 1.82) is 0 Å². The van der Waals surface area contributed by atoms with E-state index < -0.39 is 11.9 Å². The largest absolute Gasteiger partial charge is 0.481 e. The van der Waals surface area contributed by atoms with Gasteiger partial charge in [0.15, 0.2) is 5.96 Å². The van der Waals surface area contributed by atoms with Crippen molar-refractivity contribution >= 4 is 23.7 Å². The number of aliphatic carboxylic acids is 1. The lowest BCUT2D eigenvalue weighted by Gasteiger charge is -2.19. The average Bonchev–Trinajstić information content (AvgIpc) is 3.01. The third kappa shape index (κ3) is 4.59. The van der Waals surface area contributed by atoms with E-state index in [1.807, 2.05) is 0 Å². The van der Waals surface area contributed by atoms with Gasteiger partial charge in [0.1, 0.15) is 0 Å². The first-order valence-electron chi connectivity index (χ1n) is 9.41. The van der Waals surface area contributed by atoms with Gasteiger partial charge in [-0.3, -0.25) is 19.4 Å².